The summed E-state index contributed by atoms with van der Waals surface area (Å²) in [5.41, 5.74) is 9.87. The number of aryl methyl sites for hydroxylation is 3. The van der Waals surface area contributed by atoms with Crippen LogP contribution in [0.15, 0.2) is 0 Å². The molecule has 0 saturated carbocycles. The van der Waals surface area contributed by atoms with Gasteiger partial charge in [0.05, 0.1) is 22.8 Å². The maximum atomic E-state index is 9.30. The van der Waals surface area contributed by atoms with E-state index in [-0.39, 0.29) is 0 Å². The molecule has 0 spiro atoms. The van der Waals surface area contributed by atoms with Crippen LogP contribution in [0.3, 0.4) is 0 Å². The van der Waals surface area contributed by atoms with Gasteiger partial charge in [0.1, 0.15) is 11.6 Å². The van der Waals surface area contributed by atoms with Crippen molar-refractivity contribution in [2.75, 3.05) is 5.73 Å². The second kappa shape index (κ2) is 4.76. The number of anilines is 1. The molecule has 2 N–H and O–H groups in total. The van der Waals surface area contributed by atoms with Crippen molar-refractivity contribution < 1.29 is 0 Å². The Hall–Kier alpha value is -2.29. The average molecular weight is 258 g/mol. The molecular weight excluding hydrogens is 240 g/mol. The van der Waals surface area contributed by atoms with Gasteiger partial charge in [-0.25, -0.2) is 9.36 Å². The maximum absolute atomic E-state index is 9.30. The zero-order valence-corrected chi connectivity index (χ0v) is 11.7. The van der Waals surface area contributed by atoms with Gasteiger partial charge in [-0.15, -0.1) is 0 Å². The number of hydrogen-bond acceptors (Lipinski definition) is 4. The lowest BCUT2D eigenvalue weighted by Crippen LogP contribution is -2.09. The molecular formula is C13H18N6. The topological polar surface area (TPSA) is 85.5 Å². The largest absolute Gasteiger partial charge is 0.396 e. The van der Waals surface area contributed by atoms with E-state index in [1.807, 2.05) is 27.8 Å². The molecule has 2 aromatic heterocycles. The van der Waals surface area contributed by atoms with Crippen molar-refractivity contribution in [1.29, 1.82) is 5.26 Å². The number of hydrogen-bond donors (Lipinski definition) is 1. The SMILES string of the molecule is CCc1nn(-c2c(C#N)c(C)nn2C)c(CC)c1N. The minimum atomic E-state index is 0.544. The molecule has 6 heteroatoms. The molecule has 0 aliphatic heterocycles. The Morgan fingerprint density at radius 2 is 1.95 bits per heavy atom. The van der Waals surface area contributed by atoms with E-state index >= 15 is 0 Å². The van der Waals surface area contributed by atoms with Crippen molar-refractivity contribution >= 4 is 5.69 Å². The van der Waals surface area contributed by atoms with Crippen LogP contribution in [0.25, 0.3) is 5.82 Å². The molecule has 100 valence electrons. The van der Waals surface area contributed by atoms with E-state index in [0.29, 0.717) is 22.8 Å². The summed E-state index contributed by atoms with van der Waals surface area (Å²) in [6, 6.07) is 2.20. The van der Waals surface area contributed by atoms with Crippen molar-refractivity contribution in [2.45, 2.75) is 33.6 Å². The third-order valence-electron chi connectivity index (χ3n) is 3.27. The van der Waals surface area contributed by atoms with Crippen LogP contribution in [0.1, 0.15) is 36.5 Å². The first-order valence-electron chi connectivity index (χ1n) is 6.35. The standard InChI is InChI=1S/C13H18N6/c1-5-10-12(15)11(6-2)19(17-10)13-9(7-14)8(3)16-18(13)4/h5-6,15H2,1-4H3. The molecule has 2 aromatic rings. The molecule has 0 aliphatic carbocycles. The van der Waals surface area contributed by atoms with Crippen molar-refractivity contribution in [3.63, 3.8) is 0 Å². The number of rotatable bonds is 3. The van der Waals surface area contributed by atoms with Crippen molar-refractivity contribution in [2.24, 2.45) is 7.05 Å². The fraction of sp³-hybridized carbons (Fsp3) is 0.462. The Bertz CT molecular complexity index is 656. The zero-order chi connectivity index (χ0) is 14.2. The van der Waals surface area contributed by atoms with Crippen molar-refractivity contribution in [3.05, 3.63) is 22.6 Å². The molecule has 0 aliphatic rings. The van der Waals surface area contributed by atoms with Crippen LogP contribution in [-0.2, 0) is 19.9 Å². The highest BCUT2D eigenvalue weighted by Crippen LogP contribution is 2.24. The van der Waals surface area contributed by atoms with Gasteiger partial charge in [0.2, 0.25) is 0 Å². The molecule has 0 aromatic carbocycles. The second-order valence-corrected chi connectivity index (χ2v) is 4.45. The molecule has 0 unspecified atom stereocenters. The molecule has 0 saturated heterocycles. The third kappa shape index (κ3) is 1.87. The van der Waals surface area contributed by atoms with Gasteiger partial charge < -0.3 is 5.73 Å². The molecule has 0 fully saturated rings. The lowest BCUT2D eigenvalue weighted by Gasteiger charge is -2.06. The van der Waals surface area contributed by atoms with E-state index in [0.717, 1.165) is 24.2 Å². The van der Waals surface area contributed by atoms with Crippen LogP contribution in [0.5, 0.6) is 0 Å². The Morgan fingerprint density at radius 3 is 2.47 bits per heavy atom. The highest BCUT2D eigenvalue weighted by atomic mass is 15.4. The number of aromatic nitrogens is 4. The first-order valence-corrected chi connectivity index (χ1v) is 6.35. The van der Waals surface area contributed by atoms with E-state index in [4.69, 9.17) is 5.73 Å². The van der Waals surface area contributed by atoms with Gasteiger partial charge in [-0.3, -0.25) is 0 Å². The minimum Gasteiger partial charge on any atom is -0.396 e. The van der Waals surface area contributed by atoms with Gasteiger partial charge in [-0.05, 0) is 19.8 Å². The Kier molecular flexibility index (Phi) is 3.30. The van der Waals surface area contributed by atoms with Gasteiger partial charge in [-0.2, -0.15) is 15.5 Å². The summed E-state index contributed by atoms with van der Waals surface area (Å²) in [5, 5.41) is 18.1. The maximum Gasteiger partial charge on any atom is 0.170 e. The summed E-state index contributed by atoms with van der Waals surface area (Å²) in [6.07, 6.45) is 1.53. The molecule has 0 bridgehead atoms. The lowest BCUT2D eigenvalue weighted by atomic mass is 10.2. The van der Waals surface area contributed by atoms with Gasteiger partial charge in [0.25, 0.3) is 0 Å². The minimum absolute atomic E-state index is 0.544. The fourth-order valence-electron chi connectivity index (χ4n) is 2.31. The Labute approximate surface area is 112 Å². The summed E-state index contributed by atoms with van der Waals surface area (Å²) < 4.78 is 3.44. The van der Waals surface area contributed by atoms with E-state index in [9.17, 15) is 5.26 Å². The first-order chi connectivity index (χ1) is 9.04. The van der Waals surface area contributed by atoms with E-state index in [1.165, 1.54) is 0 Å². The molecule has 19 heavy (non-hydrogen) atoms. The predicted molar refractivity (Wildman–Crippen MR) is 73.0 cm³/mol. The van der Waals surface area contributed by atoms with E-state index in [1.54, 1.807) is 9.36 Å². The molecule has 0 amide bonds. The first kappa shape index (κ1) is 13.1. The lowest BCUT2D eigenvalue weighted by molar-refractivity contribution is 0.672. The molecule has 2 rings (SSSR count). The summed E-state index contributed by atoms with van der Waals surface area (Å²) in [6.45, 7) is 5.86. The molecule has 2 heterocycles. The van der Waals surface area contributed by atoms with Crippen LogP contribution in [0.2, 0.25) is 0 Å². The van der Waals surface area contributed by atoms with Crippen molar-refractivity contribution in [1.82, 2.24) is 19.6 Å². The predicted octanol–water partition coefficient (Wildman–Crippen LogP) is 1.49. The molecule has 0 atom stereocenters. The number of nitrogen functional groups attached to an aromatic ring is 1. The smallest absolute Gasteiger partial charge is 0.170 e. The quantitative estimate of drug-likeness (QED) is 0.903. The number of nitriles is 1. The monoisotopic (exact) mass is 258 g/mol. The van der Waals surface area contributed by atoms with E-state index < -0.39 is 0 Å². The number of nitrogens with zero attached hydrogens (tertiary/aromatic N) is 5. The molecule has 6 nitrogen and oxygen atoms in total. The third-order valence-corrected chi connectivity index (χ3v) is 3.27. The Morgan fingerprint density at radius 1 is 1.26 bits per heavy atom. The Balaban J connectivity index is 2.76. The van der Waals surface area contributed by atoms with Gasteiger partial charge in [0, 0.05) is 7.05 Å². The number of nitrogens with two attached hydrogens (primary N) is 1. The van der Waals surface area contributed by atoms with Gasteiger partial charge in [0.15, 0.2) is 5.82 Å². The fourth-order valence-corrected chi connectivity index (χ4v) is 2.31. The van der Waals surface area contributed by atoms with Crippen molar-refractivity contribution in [3.8, 4) is 11.9 Å². The summed E-state index contributed by atoms with van der Waals surface area (Å²) >= 11 is 0. The van der Waals surface area contributed by atoms with Crippen LogP contribution < -0.4 is 5.73 Å². The van der Waals surface area contributed by atoms with E-state index in [2.05, 4.69) is 16.3 Å². The highest BCUT2D eigenvalue weighted by Gasteiger charge is 2.21. The average Bonchev–Trinajstić information content (AvgIpc) is 2.85. The van der Waals surface area contributed by atoms with Crippen LogP contribution in [-0.4, -0.2) is 19.6 Å². The molecule has 0 radical (unpaired) electrons. The zero-order valence-electron chi connectivity index (χ0n) is 11.7. The van der Waals surface area contributed by atoms with Gasteiger partial charge >= 0.3 is 0 Å². The van der Waals surface area contributed by atoms with Crippen LogP contribution in [0.4, 0.5) is 5.69 Å². The highest BCUT2D eigenvalue weighted by molar-refractivity contribution is 5.54. The summed E-state index contributed by atoms with van der Waals surface area (Å²) in [4.78, 5) is 0. The normalized spacial score (nSPS) is 10.7. The van der Waals surface area contributed by atoms with Gasteiger partial charge in [-0.1, -0.05) is 13.8 Å². The van der Waals surface area contributed by atoms with Crippen LogP contribution >= 0.6 is 0 Å². The summed E-state index contributed by atoms with van der Waals surface area (Å²) in [7, 11) is 1.81. The second-order valence-electron chi connectivity index (χ2n) is 4.45. The summed E-state index contributed by atoms with van der Waals surface area (Å²) in [5.74, 6) is 0.684. The van der Waals surface area contributed by atoms with Crippen LogP contribution in [0, 0.1) is 18.3 Å².